The molecule has 0 spiro atoms. The maximum Gasteiger partial charge on any atom is 0.411 e. The Labute approximate surface area is 108 Å². The van der Waals surface area contributed by atoms with Gasteiger partial charge in [-0.3, -0.25) is 0 Å². The van der Waals surface area contributed by atoms with E-state index < -0.39 is 35.0 Å². The molecule has 1 rings (SSSR count). The molecule has 0 aliphatic rings. The summed E-state index contributed by atoms with van der Waals surface area (Å²) < 4.78 is 63.0. The second-order valence-corrected chi connectivity index (χ2v) is 5.73. The lowest BCUT2D eigenvalue weighted by molar-refractivity contribution is -0.172. The first kappa shape index (κ1) is 15.5. The van der Waals surface area contributed by atoms with Gasteiger partial charge < -0.3 is 4.74 Å². The summed E-state index contributed by atoms with van der Waals surface area (Å²) in [6.45, 7) is -2.02. The van der Waals surface area contributed by atoms with Crippen LogP contribution in [0.1, 0.15) is 5.56 Å². The lowest BCUT2D eigenvalue weighted by Gasteiger charge is -2.08. The first-order valence-electron chi connectivity index (χ1n) is 5.12. The molecule has 104 valence electrons. The minimum Gasteiger partial charge on any atom is -0.371 e. The van der Waals surface area contributed by atoms with Crippen molar-refractivity contribution >= 4 is 9.84 Å². The monoisotopic (exact) mass is 293 g/mol. The van der Waals surface area contributed by atoms with Gasteiger partial charge in [0.25, 0.3) is 0 Å². The third kappa shape index (κ3) is 5.28. The maximum absolute atomic E-state index is 11.8. The van der Waals surface area contributed by atoms with Crippen LogP contribution in [-0.2, 0) is 14.6 Å². The van der Waals surface area contributed by atoms with E-state index in [1.807, 2.05) is 6.07 Å². The number of sulfone groups is 1. The van der Waals surface area contributed by atoms with Crippen molar-refractivity contribution in [2.24, 2.45) is 0 Å². The normalized spacial score (nSPS) is 12.1. The molecule has 1 aromatic carbocycles. The SMILES string of the molecule is N#Cc1ccc(S(=O)(=O)CCOCC(F)(F)F)cc1. The highest BCUT2D eigenvalue weighted by molar-refractivity contribution is 7.91. The molecule has 0 heterocycles. The lowest BCUT2D eigenvalue weighted by Crippen LogP contribution is -2.20. The quantitative estimate of drug-likeness (QED) is 0.778. The zero-order chi connectivity index (χ0) is 14.5. The second-order valence-electron chi connectivity index (χ2n) is 3.62. The highest BCUT2D eigenvalue weighted by Crippen LogP contribution is 2.15. The molecule has 4 nitrogen and oxygen atoms in total. The Hall–Kier alpha value is -1.59. The van der Waals surface area contributed by atoms with Crippen LogP contribution in [0.15, 0.2) is 29.2 Å². The highest BCUT2D eigenvalue weighted by Gasteiger charge is 2.27. The van der Waals surface area contributed by atoms with E-state index >= 15 is 0 Å². The topological polar surface area (TPSA) is 67.2 Å². The van der Waals surface area contributed by atoms with Gasteiger partial charge in [0.1, 0.15) is 6.61 Å². The summed E-state index contributed by atoms with van der Waals surface area (Å²) >= 11 is 0. The van der Waals surface area contributed by atoms with Gasteiger partial charge in [-0.1, -0.05) is 0 Å². The molecule has 0 aromatic heterocycles. The van der Waals surface area contributed by atoms with Gasteiger partial charge in [-0.15, -0.1) is 0 Å². The maximum atomic E-state index is 11.8. The van der Waals surface area contributed by atoms with E-state index in [9.17, 15) is 21.6 Å². The van der Waals surface area contributed by atoms with Crippen LogP contribution in [0.2, 0.25) is 0 Å². The van der Waals surface area contributed by atoms with Crippen molar-refractivity contribution in [2.75, 3.05) is 19.0 Å². The Bertz CT molecular complexity index is 558. The Morgan fingerprint density at radius 2 is 1.79 bits per heavy atom. The fraction of sp³-hybridized carbons (Fsp3) is 0.364. The van der Waals surface area contributed by atoms with Gasteiger partial charge >= 0.3 is 6.18 Å². The Morgan fingerprint density at radius 3 is 2.26 bits per heavy atom. The van der Waals surface area contributed by atoms with Crippen molar-refractivity contribution in [3.63, 3.8) is 0 Å². The van der Waals surface area contributed by atoms with Gasteiger partial charge in [-0.25, -0.2) is 8.42 Å². The van der Waals surface area contributed by atoms with E-state index in [1.54, 1.807) is 0 Å². The van der Waals surface area contributed by atoms with Gasteiger partial charge in [-0.05, 0) is 24.3 Å². The zero-order valence-electron chi connectivity index (χ0n) is 9.64. The second kappa shape index (κ2) is 6.04. The van der Waals surface area contributed by atoms with Gasteiger partial charge in [0.05, 0.1) is 28.9 Å². The minimum atomic E-state index is -4.47. The summed E-state index contributed by atoms with van der Waals surface area (Å²) in [6.07, 6.45) is -4.47. The van der Waals surface area contributed by atoms with Crippen LogP contribution in [0, 0.1) is 11.3 Å². The molecule has 0 radical (unpaired) electrons. The molecule has 0 N–H and O–H groups in total. The van der Waals surface area contributed by atoms with E-state index in [1.165, 1.54) is 24.3 Å². The predicted molar refractivity (Wildman–Crippen MR) is 60.1 cm³/mol. The Morgan fingerprint density at radius 1 is 1.21 bits per heavy atom. The number of hydrogen-bond acceptors (Lipinski definition) is 4. The molecule has 1 aromatic rings. The standard InChI is InChI=1S/C11H10F3NO3S/c12-11(13,14)8-18-5-6-19(16,17)10-3-1-9(7-15)2-4-10/h1-4H,5-6,8H2. The molecule has 19 heavy (non-hydrogen) atoms. The molecule has 0 unspecified atom stereocenters. The van der Waals surface area contributed by atoms with E-state index in [0.717, 1.165) is 0 Å². The third-order valence-electron chi connectivity index (χ3n) is 2.10. The molecule has 0 saturated heterocycles. The van der Waals surface area contributed by atoms with Crippen LogP contribution in [-0.4, -0.2) is 33.6 Å². The molecular formula is C11H10F3NO3S. The number of halogens is 3. The molecular weight excluding hydrogens is 283 g/mol. The van der Waals surface area contributed by atoms with Gasteiger partial charge in [0.2, 0.25) is 0 Å². The number of hydrogen-bond donors (Lipinski definition) is 0. The summed E-state index contributed by atoms with van der Waals surface area (Å²) in [4.78, 5) is -0.0536. The van der Waals surface area contributed by atoms with Crippen molar-refractivity contribution < 1.29 is 26.3 Å². The van der Waals surface area contributed by atoms with Gasteiger partial charge in [-0.2, -0.15) is 18.4 Å². The van der Waals surface area contributed by atoms with E-state index in [0.29, 0.717) is 5.56 Å². The fourth-order valence-electron chi connectivity index (χ4n) is 1.21. The van der Waals surface area contributed by atoms with Crippen LogP contribution < -0.4 is 0 Å². The van der Waals surface area contributed by atoms with E-state index in [4.69, 9.17) is 5.26 Å². The van der Waals surface area contributed by atoms with Crippen molar-refractivity contribution in [2.45, 2.75) is 11.1 Å². The number of rotatable bonds is 5. The summed E-state index contributed by atoms with van der Waals surface area (Å²) in [6, 6.07) is 6.94. The number of nitrogens with zero attached hydrogens (tertiary/aromatic N) is 1. The summed E-state index contributed by atoms with van der Waals surface area (Å²) in [5.41, 5.74) is 0.298. The number of benzene rings is 1. The van der Waals surface area contributed by atoms with Gasteiger partial charge in [0, 0.05) is 0 Å². The summed E-state index contributed by atoms with van der Waals surface area (Å²) in [7, 11) is -3.70. The average molecular weight is 293 g/mol. The van der Waals surface area contributed by atoms with Crippen LogP contribution in [0.4, 0.5) is 13.2 Å². The molecule has 0 saturated carbocycles. The number of ether oxygens (including phenoxy) is 1. The van der Waals surface area contributed by atoms with Crippen LogP contribution in [0.25, 0.3) is 0 Å². The molecule has 0 aliphatic heterocycles. The molecule has 0 aliphatic carbocycles. The average Bonchev–Trinajstić information content (AvgIpc) is 2.34. The molecule has 0 bridgehead atoms. The number of alkyl halides is 3. The van der Waals surface area contributed by atoms with E-state index in [2.05, 4.69) is 4.74 Å². The third-order valence-corrected chi connectivity index (χ3v) is 3.80. The fourth-order valence-corrected chi connectivity index (χ4v) is 2.33. The van der Waals surface area contributed by atoms with Crippen LogP contribution in [0.5, 0.6) is 0 Å². The molecule has 0 atom stereocenters. The first-order valence-corrected chi connectivity index (χ1v) is 6.77. The zero-order valence-corrected chi connectivity index (χ0v) is 10.5. The highest BCUT2D eigenvalue weighted by atomic mass is 32.2. The minimum absolute atomic E-state index is 0.0536. The van der Waals surface area contributed by atoms with Crippen molar-refractivity contribution in [3.8, 4) is 6.07 Å². The first-order chi connectivity index (χ1) is 8.74. The summed E-state index contributed by atoms with van der Waals surface area (Å²) in [5, 5.41) is 8.55. The van der Waals surface area contributed by atoms with Gasteiger partial charge in [0.15, 0.2) is 9.84 Å². The summed E-state index contributed by atoms with van der Waals surface area (Å²) in [5.74, 6) is -0.547. The van der Waals surface area contributed by atoms with Crippen LogP contribution in [0.3, 0.4) is 0 Å². The van der Waals surface area contributed by atoms with Crippen LogP contribution >= 0.6 is 0 Å². The smallest absolute Gasteiger partial charge is 0.371 e. The largest absolute Gasteiger partial charge is 0.411 e. The Kier molecular flexibility index (Phi) is 4.91. The molecule has 0 fully saturated rings. The Balaban J connectivity index is 2.59. The molecule has 0 amide bonds. The van der Waals surface area contributed by atoms with Crippen molar-refractivity contribution in [1.82, 2.24) is 0 Å². The van der Waals surface area contributed by atoms with E-state index in [-0.39, 0.29) is 4.90 Å². The van der Waals surface area contributed by atoms with Crippen molar-refractivity contribution in [3.05, 3.63) is 29.8 Å². The molecule has 8 heteroatoms. The predicted octanol–water partition coefficient (Wildman–Crippen LogP) is 1.91. The van der Waals surface area contributed by atoms with Crippen molar-refractivity contribution in [1.29, 1.82) is 5.26 Å². The lowest BCUT2D eigenvalue weighted by atomic mass is 10.2. The number of nitriles is 1.